The van der Waals surface area contributed by atoms with Crippen molar-refractivity contribution in [3.63, 3.8) is 0 Å². The van der Waals surface area contributed by atoms with Gasteiger partial charge in [-0.3, -0.25) is 14.9 Å². The molecule has 0 aliphatic rings. The van der Waals surface area contributed by atoms with Gasteiger partial charge >= 0.3 is 0 Å². The maximum Gasteiger partial charge on any atom is 0.234 e. The number of rotatable bonds is 6. The molecule has 0 aliphatic heterocycles. The molecule has 2 N–H and O–H groups in total. The number of thiocarbonyl (C=S) groups is 1. The van der Waals surface area contributed by atoms with Gasteiger partial charge in [-0.2, -0.15) is 10.2 Å². The number of ether oxygens (including phenoxy) is 1. The molecule has 10 heteroatoms. The van der Waals surface area contributed by atoms with Crippen molar-refractivity contribution < 1.29 is 9.53 Å². The number of hydrogen-bond acceptors (Lipinski definition) is 6. The number of hydrazone groups is 1. The predicted octanol–water partition coefficient (Wildman–Crippen LogP) is 2.66. The van der Waals surface area contributed by atoms with Gasteiger partial charge in [-0.1, -0.05) is 35.6 Å². The molecule has 0 saturated heterocycles. The van der Waals surface area contributed by atoms with Crippen molar-refractivity contribution in [1.82, 2.24) is 15.2 Å². The maximum absolute atomic E-state index is 11.9. The third-order valence-electron chi connectivity index (χ3n) is 2.86. The molecular weight excluding hydrogens is 382 g/mol. The van der Waals surface area contributed by atoms with Crippen LogP contribution in [-0.4, -0.2) is 39.1 Å². The van der Waals surface area contributed by atoms with Crippen LogP contribution in [0.3, 0.4) is 0 Å². The number of aryl methyl sites for hydroxylation is 1. The molecule has 7 nitrogen and oxygen atoms in total. The number of benzene rings is 1. The lowest BCUT2D eigenvalue weighted by atomic mass is 10.3. The van der Waals surface area contributed by atoms with Crippen molar-refractivity contribution in [1.29, 1.82) is 0 Å². The lowest BCUT2D eigenvalue weighted by molar-refractivity contribution is -0.113. The molecule has 0 bridgehead atoms. The Bertz CT molecular complexity index is 777. The number of methoxy groups -OCH3 is 1. The Morgan fingerprint density at radius 2 is 2.20 bits per heavy atom. The highest BCUT2D eigenvalue weighted by Crippen LogP contribution is 2.15. The minimum Gasteiger partial charge on any atom is -0.497 e. The number of carbonyl (C=O) groups is 1. The van der Waals surface area contributed by atoms with E-state index < -0.39 is 0 Å². The highest BCUT2D eigenvalue weighted by molar-refractivity contribution is 8.23. The van der Waals surface area contributed by atoms with Crippen molar-refractivity contribution in [2.75, 3.05) is 18.2 Å². The van der Waals surface area contributed by atoms with Gasteiger partial charge in [-0.15, -0.1) is 0 Å². The Kier molecular flexibility index (Phi) is 7.23. The smallest absolute Gasteiger partial charge is 0.234 e. The van der Waals surface area contributed by atoms with E-state index in [0.29, 0.717) is 20.7 Å². The Balaban J connectivity index is 1.73. The number of aromatic nitrogens is 2. The molecule has 1 aromatic carbocycles. The Labute approximate surface area is 159 Å². The Morgan fingerprint density at radius 1 is 1.48 bits per heavy atom. The second-order valence-electron chi connectivity index (χ2n) is 4.76. The summed E-state index contributed by atoms with van der Waals surface area (Å²) >= 11 is 12.2. The minimum atomic E-state index is -0.170. The van der Waals surface area contributed by atoms with E-state index in [2.05, 4.69) is 20.9 Å². The van der Waals surface area contributed by atoms with E-state index in [1.54, 1.807) is 49.3 Å². The summed E-state index contributed by atoms with van der Waals surface area (Å²) in [6.45, 7) is 0. The summed E-state index contributed by atoms with van der Waals surface area (Å²) in [4.78, 5) is 11.9. The summed E-state index contributed by atoms with van der Waals surface area (Å²) in [5.74, 6) is 0.720. The highest BCUT2D eigenvalue weighted by atomic mass is 35.5. The van der Waals surface area contributed by atoms with Gasteiger partial charge in [0, 0.05) is 18.9 Å². The third-order valence-corrected chi connectivity index (χ3v) is 4.36. The van der Waals surface area contributed by atoms with Gasteiger partial charge in [-0.05, 0) is 24.3 Å². The van der Waals surface area contributed by atoms with Crippen LogP contribution < -0.4 is 15.5 Å². The predicted molar refractivity (Wildman–Crippen MR) is 106 cm³/mol. The van der Waals surface area contributed by atoms with E-state index in [1.807, 2.05) is 0 Å². The normalized spacial score (nSPS) is 10.7. The van der Waals surface area contributed by atoms with Crippen molar-refractivity contribution in [2.45, 2.75) is 0 Å². The fourth-order valence-corrected chi connectivity index (χ4v) is 2.65. The molecule has 25 heavy (non-hydrogen) atoms. The molecule has 0 atom stereocenters. The van der Waals surface area contributed by atoms with Crippen LogP contribution in [0.2, 0.25) is 5.02 Å². The number of nitrogens with zero attached hydrogens (tertiary/aromatic N) is 3. The first-order valence-corrected chi connectivity index (χ1v) is 8.84. The SMILES string of the molecule is COc1ccc(NC(=O)CSC(=S)N/N=C/c2nn(C)cc2Cl)cc1. The van der Waals surface area contributed by atoms with Gasteiger partial charge in [0.2, 0.25) is 5.91 Å². The lowest BCUT2D eigenvalue weighted by Gasteiger charge is -2.06. The molecule has 132 valence electrons. The molecule has 1 heterocycles. The number of anilines is 1. The van der Waals surface area contributed by atoms with Crippen LogP contribution in [0.1, 0.15) is 5.69 Å². The number of halogens is 1. The first-order valence-electron chi connectivity index (χ1n) is 7.07. The average Bonchev–Trinajstić information content (AvgIpc) is 2.91. The number of hydrogen-bond donors (Lipinski definition) is 2. The second-order valence-corrected chi connectivity index (χ2v) is 6.82. The summed E-state index contributed by atoms with van der Waals surface area (Å²) in [6, 6.07) is 7.07. The summed E-state index contributed by atoms with van der Waals surface area (Å²) in [5, 5.41) is 11.3. The largest absolute Gasteiger partial charge is 0.497 e. The van der Waals surface area contributed by atoms with E-state index in [0.717, 1.165) is 5.75 Å². The van der Waals surface area contributed by atoms with E-state index in [9.17, 15) is 4.79 Å². The van der Waals surface area contributed by atoms with Crippen LogP contribution in [0.4, 0.5) is 5.69 Å². The van der Waals surface area contributed by atoms with Gasteiger partial charge < -0.3 is 10.1 Å². The van der Waals surface area contributed by atoms with Crippen LogP contribution in [0.25, 0.3) is 0 Å². The highest BCUT2D eigenvalue weighted by Gasteiger charge is 2.06. The second kappa shape index (κ2) is 9.40. The van der Waals surface area contributed by atoms with Crippen LogP contribution in [-0.2, 0) is 11.8 Å². The first kappa shape index (κ1) is 19.2. The van der Waals surface area contributed by atoms with Crippen molar-refractivity contribution in [3.05, 3.63) is 41.2 Å². The molecule has 1 amide bonds. The standard InChI is InChI=1S/C15H16ClN5O2S2/c1-21-8-12(16)13(20-21)7-17-19-15(24)25-9-14(22)18-10-3-5-11(23-2)6-4-10/h3-8H,9H2,1-2H3,(H,18,22)(H,19,24)/b17-7+. The van der Waals surface area contributed by atoms with Crippen LogP contribution in [0.15, 0.2) is 35.6 Å². The zero-order valence-electron chi connectivity index (χ0n) is 13.5. The first-order chi connectivity index (χ1) is 12.0. The van der Waals surface area contributed by atoms with Crippen molar-refractivity contribution in [3.8, 4) is 5.75 Å². The summed E-state index contributed by atoms with van der Waals surface area (Å²) in [6.07, 6.45) is 3.13. The number of nitrogens with one attached hydrogen (secondary N) is 2. The molecule has 0 fully saturated rings. The van der Waals surface area contributed by atoms with Gasteiger partial charge in [0.25, 0.3) is 0 Å². The molecule has 2 aromatic rings. The van der Waals surface area contributed by atoms with Gasteiger partial charge in [0.15, 0.2) is 4.32 Å². The van der Waals surface area contributed by atoms with E-state index in [4.69, 9.17) is 28.6 Å². The molecule has 0 radical (unpaired) electrons. The molecule has 0 aliphatic carbocycles. The third kappa shape index (κ3) is 6.37. The van der Waals surface area contributed by atoms with Crippen LogP contribution in [0, 0.1) is 0 Å². The van der Waals surface area contributed by atoms with Crippen molar-refractivity contribution in [2.24, 2.45) is 12.1 Å². The summed E-state index contributed by atoms with van der Waals surface area (Å²) in [7, 11) is 3.35. The maximum atomic E-state index is 11.9. The lowest BCUT2D eigenvalue weighted by Crippen LogP contribution is -2.18. The zero-order valence-corrected chi connectivity index (χ0v) is 15.9. The minimum absolute atomic E-state index is 0.164. The molecule has 2 rings (SSSR count). The fraction of sp³-hybridized carbons (Fsp3) is 0.200. The van der Waals surface area contributed by atoms with E-state index >= 15 is 0 Å². The molecule has 0 unspecified atom stereocenters. The Hall–Kier alpha value is -2.10. The van der Waals surface area contributed by atoms with Crippen LogP contribution in [0.5, 0.6) is 5.75 Å². The van der Waals surface area contributed by atoms with Crippen molar-refractivity contribution >= 4 is 57.7 Å². The average molecular weight is 398 g/mol. The number of thioether (sulfide) groups is 1. The van der Waals surface area contributed by atoms with Gasteiger partial charge in [0.05, 0.1) is 24.1 Å². The zero-order chi connectivity index (χ0) is 18.2. The molecule has 1 aromatic heterocycles. The monoisotopic (exact) mass is 397 g/mol. The molecular formula is C15H16ClN5O2S2. The molecule has 0 saturated carbocycles. The molecule has 0 spiro atoms. The summed E-state index contributed by atoms with van der Waals surface area (Å²) in [5.41, 5.74) is 3.88. The fourth-order valence-electron chi connectivity index (χ4n) is 1.75. The Morgan fingerprint density at radius 3 is 2.80 bits per heavy atom. The number of carbonyl (C=O) groups excluding carboxylic acids is 1. The van der Waals surface area contributed by atoms with Gasteiger partial charge in [0.1, 0.15) is 11.4 Å². The van der Waals surface area contributed by atoms with Crippen LogP contribution >= 0.6 is 35.6 Å². The summed E-state index contributed by atoms with van der Waals surface area (Å²) < 4.78 is 7.01. The van der Waals surface area contributed by atoms with Gasteiger partial charge in [-0.25, -0.2) is 0 Å². The quantitative estimate of drug-likeness (QED) is 0.443. The topological polar surface area (TPSA) is 80.5 Å². The number of amides is 1. The van der Waals surface area contributed by atoms with E-state index in [-0.39, 0.29) is 11.7 Å². The van der Waals surface area contributed by atoms with E-state index in [1.165, 1.54) is 18.0 Å².